The molecular formula is C52H102N6O6. The summed E-state index contributed by atoms with van der Waals surface area (Å²) >= 11 is 0. The zero-order chi connectivity index (χ0) is 47.0. The van der Waals surface area contributed by atoms with Gasteiger partial charge in [-0.2, -0.15) is 0 Å². The van der Waals surface area contributed by atoms with Crippen molar-refractivity contribution in [1.82, 2.24) is 20.7 Å². The molecule has 0 saturated heterocycles. The number of ether oxygens (including phenoxy) is 2. The number of aliphatic imine (C=N–C) groups is 1. The van der Waals surface area contributed by atoms with Crippen molar-refractivity contribution in [2.45, 2.75) is 265 Å². The number of nitrogens with one attached hydrogen (secondary N) is 2. The van der Waals surface area contributed by atoms with Crippen LogP contribution in [-0.2, 0) is 19.1 Å². The van der Waals surface area contributed by atoms with Gasteiger partial charge in [-0.25, -0.2) is 4.63 Å². The Morgan fingerprint density at radius 2 is 1.12 bits per heavy atom. The van der Waals surface area contributed by atoms with Crippen molar-refractivity contribution < 1.29 is 28.9 Å². The van der Waals surface area contributed by atoms with Gasteiger partial charge in [0.05, 0.1) is 6.10 Å². The molecule has 0 amide bonds. The van der Waals surface area contributed by atoms with Crippen LogP contribution in [0.2, 0.25) is 0 Å². The Morgan fingerprint density at radius 1 is 0.656 bits per heavy atom. The van der Waals surface area contributed by atoms with Crippen LogP contribution in [0.15, 0.2) is 9.62 Å². The summed E-state index contributed by atoms with van der Waals surface area (Å²) in [5.41, 5.74) is 2.45. The van der Waals surface area contributed by atoms with Gasteiger partial charge in [0.25, 0.3) is 0 Å². The maximum Gasteiger partial charge on any atom is 0.306 e. The predicted octanol–water partition coefficient (Wildman–Crippen LogP) is 14.0. The predicted molar refractivity (Wildman–Crippen MR) is 268 cm³/mol. The van der Waals surface area contributed by atoms with Crippen molar-refractivity contribution in [2.24, 2.45) is 4.99 Å². The van der Waals surface area contributed by atoms with E-state index in [-0.39, 0.29) is 17.9 Å². The fourth-order valence-electron chi connectivity index (χ4n) is 8.15. The number of amidine groups is 1. The van der Waals surface area contributed by atoms with Gasteiger partial charge >= 0.3 is 5.97 Å². The number of methoxy groups -OCH3 is 1. The maximum absolute atomic E-state index is 12.4. The Balaban J connectivity index is 0.00000174. The minimum absolute atomic E-state index is 0.0330. The molecule has 3 N–H and O–H groups in total. The van der Waals surface area contributed by atoms with Crippen LogP contribution < -0.4 is 10.8 Å². The van der Waals surface area contributed by atoms with Crippen molar-refractivity contribution in [2.75, 3.05) is 45.7 Å². The van der Waals surface area contributed by atoms with Crippen molar-refractivity contribution in [1.29, 1.82) is 0 Å². The molecule has 1 atom stereocenters. The van der Waals surface area contributed by atoms with Crippen LogP contribution in [0, 0.1) is 0 Å². The van der Waals surface area contributed by atoms with Crippen molar-refractivity contribution >= 4 is 23.9 Å². The molecule has 1 unspecified atom stereocenters. The average molecular weight is 907 g/mol. The number of hydroxylamine groups is 1. The fourth-order valence-corrected chi connectivity index (χ4v) is 8.15. The minimum Gasteiger partial charge on any atom is -0.462 e. The molecule has 0 aliphatic heterocycles. The Labute approximate surface area is 393 Å². The lowest BCUT2D eigenvalue weighted by atomic mass is 10.0. The van der Waals surface area contributed by atoms with Crippen molar-refractivity contribution in [3.05, 3.63) is 5.69 Å². The largest absolute Gasteiger partial charge is 0.462 e. The monoisotopic (exact) mass is 907 g/mol. The van der Waals surface area contributed by atoms with Gasteiger partial charge in [-0.1, -0.05) is 175 Å². The number of esters is 1. The van der Waals surface area contributed by atoms with Gasteiger partial charge in [-0.15, -0.1) is 0 Å². The van der Waals surface area contributed by atoms with Crippen molar-refractivity contribution in [3.8, 4) is 0 Å². The summed E-state index contributed by atoms with van der Waals surface area (Å²) in [5, 5.41) is 19.9. The first-order valence-corrected chi connectivity index (χ1v) is 26.8. The highest BCUT2D eigenvalue weighted by molar-refractivity contribution is 5.99. The Morgan fingerprint density at radius 3 is 1.61 bits per heavy atom. The topological polar surface area (TPSA) is 151 Å². The first-order chi connectivity index (χ1) is 31.4. The van der Waals surface area contributed by atoms with E-state index >= 15 is 0 Å². The highest BCUT2D eigenvalue weighted by atomic mass is 16.6. The van der Waals surface area contributed by atoms with Gasteiger partial charge in [0.15, 0.2) is 11.5 Å². The molecule has 64 heavy (non-hydrogen) atoms. The maximum atomic E-state index is 12.4. The van der Waals surface area contributed by atoms with E-state index in [1.54, 1.807) is 7.05 Å². The van der Waals surface area contributed by atoms with E-state index < -0.39 is 0 Å². The van der Waals surface area contributed by atoms with Crippen LogP contribution in [0.5, 0.6) is 0 Å². The number of carbonyl (C=O) groups excluding carboxylic acids is 2. The summed E-state index contributed by atoms with van der Waals surface area (Å²) in [5.74, 6) is 0.611. The molecule has 0 radical (unpaired) electrons. The van der Waals surface area contributed by atoms with E-state index in [0.29, 0.717) is 37.0 Å². The lowest BCUT2D eigenvalue weighted by molar-refractivity contribution is -0.149. The molecule has 1 aromatic heterocycles. The molecule has 0 fully saturated rings. The van der Waals surface area contributed by atoms with Gasteiger partial charge in [-0.3, -0.25) is 20.5 Å². The first-order valence-electron chi connectivity index (χ1n) is 26.8. The summed E-state index contributed by atoms with van der Waals surface area (Å²) in [6.07, 6.45) is 43.3. The molecule has 1 aromatic rings. The summed E-state index contributed by atoms with van der Waals surface area (Å²) in [6.45, 7) is 12.5. The highest BCUT2D eigenvalue weighted by Gasteiger charge is 2.15. The quantitative estimate of drug-likeness (QED) is 0.0143. The standard InChI is InChI=1S/C34H64N6O5.C18H38O/c1-4-6-7-8-12-17-23-30(5-2)44-31(42)24-18-13-11-15-20-27-40(26-19-14-9-10-16-21-29-41)28-22-25-36-34(37-43)32-33(35-3)39-45-38-32;1-4-6-8-10-12-14-16-18(19-3)17-15-13-11-9-7-5-2/h29-30,43H,4-28H2,1-3H3,(H,35,39)(H,36,37);18H,4-17H2,1-3H3. The normalized spacial score (nSPS) is 12.1. The molecule has 0 bridgehead atoms. The van der Waals surface area contributed by atoms with Crippen molar-refractivity contribution in [3.63, 3.8) is 0 Å². The number of unbranched alkanes of at least 4 members (excludes halogenated alkanes) is 24. The Hall–Kier alpha value is -2.57. The van der Waals surface area contributed by atoms with Gasteiger partial charge in [0, 0.05) is 33.5 Å². The lowest BCUT2D eigenvalue weighted by Crippen LogP contribution is -2.28. The van der Waals surface area contributed by atoms with E-state index in [1.165, 1.54) is 128 Å². The van der Waals surface area contributed by atoms with E-state index in [0.717, 1.165) is 109 Å². The third-order valence-corrected chi connectivity index (χ3v) is 12.3. The van der Waals surface area contributed by atoms with Gasteiger partial charge in [0.2, 0.25) is 5.82 Å². The Kier molecular flexibility index (Phi) is 46.4. The van der Waals surface area contributed by atoms with Gasteiger partial charge in [0.1, 0.15) is 12.4 Å². The van der Waals surface area contributed by atoms with Crippen LogP contribution in [0.4, 0.5) is 5.82 Å². The number of carbonyl (C=O) groups is 2. The number of hydrogen-bond donors (Lipinski definition) is 3. The molecule has 0 spiro atoms. The molecule has 0 saturated carbocycles. The molecule has 0 aliphatic rings. The van der Waals surface area contributed by atoms with Crippen LogP contribution in [0.3, 0.4) is 0 Å². The van der Waals surface area contributed by atoms with Crippen LogP contribution in [-0.4, -0.2) is 91.1 Å². The van der Waals surface area contributed by atoms with Crippen LogP contribution in [0.25, 0.3) is 0 Å². The second kappa shape index (κ2) is 48.4. The SMILES string of the molecule is CCCCCCCCC(CC)OC(=O)CCCCCCCN(CCCCCCCC=O)CCCN=C(NO)c1nonc1NC.CCCCCCCCC(CCCCCCCC)OC. The molecule has 12 heteroatoms. The fraction of sp³-hybridized carbons (Fsp3) is 0.904. The Bertz CT molecular complexity index is 1150. The third-order valence-electron chi connectivity index (χ3n) is 12.3. The summed E-state index contributed by atoms with van der Waals surface area (Å²) in [6, 6.07) is 0. The summed E-state index contributed by atoms with van der Waals surface area (Å²) in [7, 11) is 3.59. The number of aromatic nitrogens is 2. The molecule has 12 nitrogen and oxygen atoms in total. The number of rotatable bonds is 46. The second-order valence-electron chi connectivity index (χ2n) is 18.0. The van der Waals surface area contributed by atoms with Gasteiger partial charge < -0.3 is 24.5 Å². The molecular weight excluding hydrogens is 805 g/mol. The molecule has 376 valence electrons. The summed E-state index contributed by atoms with van der Waals surface area (Å²) < 4.78 is 16.1. The van der Waals surface area contributed by atoms with Crippen LogP contribution >= 0.6 is 0 Å². The molecule has 0 aliphatic carbocycles. The second-order valence-corrected chi connectivity index (χ2v) is 18.0. The van der Waals surface area contributed by atoms with Gasteiger partial charge in [-0.05, 0) is 94.2 Å². The van der Waals surface area contributed by atoms with E-state index in [4.69, 9.17) is 14.1 Å². The zero-order valence-electron chi connectivity index (χ0n) is 42.6. The molecule has 0 aromatic carbocycles. The third kappa shape index (κ3) is 37.6. The molecule has 1 heterocycles. The van der Waals surface area contributed by atoms with Crippen LogP contribution in [0.1, 0.15) is 258 Å². The minimum atomic E-state index is -0.0330. The smallest absolute Gasteiger partial charge is 0.306 e. The number of anilines is 1. The number of aldehydes is 1. The van der Waals surface area contributed by atoms with E-state index in [2.05, 4.69) is 58.7 Å². The zero-order valence-corrected chi connectivity index (χ0v) is 42.6. The summed E-state index contributed by atoms with van der Waals surface area (Å²) in [4.78, 5) is 29.9. The average Bonchev–Trinajstić information content (AvgIpc) is 3.79. The lowest BCUT2D eigenvalue weighted by Gasteiger charge is -2.22. The number of nitrogens with zero attached hydrogens (tertiary/aromatic N) is 4. The first kappa shape index (κ1) is 61.4. The molecule has 1 rings (SSSR count). The van der Waals surface area contributed by atoms with E-state index in [9.17, 15) is 14.8 Å². The number of hydrogen-bond acceptors (Lipinski definition) is 11. The highest BCUT2D eigenvalue weighted by Crippen LogP contribution is 2.18. The van der Waals surface area contributed by atoms with E-state index in [1.807, 2.05) is 7.11 Å².